The van der Waals surface area contributed by atoms with Crippen molar-refractivity contribution in [2.45, 2.75) is 12.6 Å². The number of amides is 1. The highest BCUT2D eigenvalue weighted by Crippen LogP contribution is 2.31. The van der Waals surface area contributed by atoms with Crippen LogP contribution in [0.4, 0.5) is 19.0 Å². The number of rotatable bonds is 2. The second-order valence-electron chi connectivity index (χ2n) is 5.10. The minimum atomic E-state index is -4.47. The van der Waals surface area contributed by atoms with E-state index in [-0.39, 0.29) is 5.82 Å². The van der Waals surface area contributed by atoms with Gasteiger partial charge in [-0.05, 0) is 30.3 Å². The van der Waals surface area contributed by atoms with E-state index in [2.05, 4.69) is 10.3 Å². The van der Waals surface area contributed by atoms with E-state index in [4.69, 9.17) is 9.47 Å². The number of benzene rings is 1. The van der Waals surface area contributed by atoms with Gasteiger partial charge in [0, 0.05) is 18.2 Å². The summed E-state index contributed by atoms with van der Waals surface area (Å²) in [4.78, 5) is 15.8. The molecule has 0 aliphatic carbocycles. The molecule has 0 saturated heterocycles. The Morgan fingerprint density at radius 1 is 1.08 bits per heavy atom. The van der Waals surface area contributed by atoms with Crippen LogP contribution in [0.15, 0.2) is 36.5 Å². The predicted octanol–water partition coefficient (Wildman–Crippen LogP) is 3.51. The zero-order chi connectivity index (χ0) is 17.2. The molecule has 1 aromatic carbocycles. The number of anilines is 1. The molecule has 0 atom stereocenters. The van der Waals surface area contributed by atoms with E-state index in [1.54, 1.807) is 12.1 Å². The maximum Gasteiger partial charge on any atom is 0.417 e. The molecule has 1 amide bonds. The van der Waals surface area contributed by atoms with E-state index in [9.17, 15) is 18.0 Å². The minimum Gasteiger partial charge on any atom is -0.490 e. The number of fused-ring (bicyclic) bond motifs is 1. The van der Waals surface area contributed by atoms with Crippen molar-refractivity contribution in [2.24, 2.45) is 0 Å². The van der Waals surface area contributed by atoms with E-state index >= 15 is 0 Å². The Morgan fingerprint density at radius 2 is 1.83 bits per heavy atom. The second-order valence-corrected chi connectivity index (χ2v) is 5.10. The lowest BCUT2D eigenvalue weighted by molar-refractivity contribution is -0.137. The average Bonchev–Trinajstić information content (AvgIpc) is 2.79. The number of hydrogen-bond donors (Lipinski definition) is 1. The number of ether oxygens (including phenoxy) is 2. The monoisotopic (exact) mass is 338 g/mol. The number of carbonyl (C=O) groups is 1. The lowest BCUT2D eigenvalue weighted by atomic mass is 10.2. The highest BCUT2D eigenvalue weighted by atomic mass is 19.4. The van der Waals surface area contributed by atoms with Gasteiger partial charge in [-0.25, -0.2) is 4.98 Å². The number of halogens is 3. The summed E-state index contributed by atoms with van der Waals surface area (Å²) in [7, 11) is 0. The van der Waals surface area contributed by atoms with Crippen molar-refractivity contribution in [2.75, 3.05) is 18.5 Å². The van der Waals surface area contributed by atoms with E-state index < -0.39 is 17.6 Å². The van der Waals surface area contributed by atoms with Gasteiger partial charge < -0.3 is 14.8 Å². The predicted molar refractivity (Wildman–Crippen MR) is 79.2 cm³/mol. The third kappa shape index (κ3) is 3.58. The molecule has 8 heteroatoms. The van der Waals surface area contributed by atoms with Crippen molar-refractivity contribution in [3.63, 3.8) is 0 Å². The van der Waals surface area contributed by atoms with E-state index in [1.165, 1.54) is 6.07 Å². The molecule has 24 heavy (non-hydrogen) atoms. The molecule has 3 rings (SSSR count). The summed E-state index contributed by atoms with van der Waals surface area (Å²) in [5.74, 6) is 0.537. The Kier molecular flexibility index (Phi) is 4.28. The van der Waals surface area contributed by atoms with Crippen LogP contribution in [0.5, 0.6) is 11.5 Å². The summed E-state index contributed by atoms with van der Waals surface area (Å²) in [5, 5.41) is 2.45. The molecular weight excluding hydrogens is 325 g/mol. The maximum absolute atomic E-state index is 12.5. The molecule has 0 unspecified atom stereocenters. The van der Waals surface area contributed by atoms with Gasteiger partial charge in [0.05, 0.1) is 18.8 Å². The van der Waals surface area contributed by atoms with Crippen LogP contribution in [0.25, 0.3) is 0 Å². The largest absolute Gasteiger partial charge is 0.490 e. The SMILES string of the molecule is O=C(Nc1ccc(C(F)(F)F)cn1)c1ccc2c(c1)OCCCO2. The van der Waals surface area contributed by atoms with Crippen LogP contribution < -0.4 is 14.8 Å². The molecule has 1 aliphatic rings. The van der Waals surface area contributed by atoms with Crippen molar-refractivity contribution in [3.05, 3.63) is 47.7 Å². The maximum atomic E-state index is 12.5. The molecule has 126 valence electrons. The molecule has 5 nitrogen and oxygen atoms in total. The van der Waals surface area contributed by atoms with Crippen molar-refractivity contribution < 1.29 is 27.4 Å². The summed E-state index contributed by atoms with van der Waals surface area (Å²) >= 11 is 0. The van der Waals surface area contributed by atoms with Gasteiger partial charge in [-0.3, -0.25) is 4.79 Å². The van der Waals surface area contributed by atoms with Crippen molar-refractivity contribution in [1.29, 1.82) is 0 Å². The van der Waals surface area contributed by atoms with Crippen LogP contribution in [0, 0.1) is 0 Å². The van der Waals surface area contributed by atoms with Crippen LogP contribution in [0.1, 0.15) is 22.3 Å². The van der Waals surface area contributed by atoms with E-state index in [1.807, 2.05) is 0 Å². The standard InChI is InChI=1S/C16H13F3N2O3/c17-16(18,19)11-3-5-14(20-9-11)21-15(22)10-2-4-12-13(8-10)24-7-1-6-23-12/h2-5,8-9H,1,6-7H2,(H,20,21,22). The molecule has 1 N–H and O–H groups in total. The fourth-order valence-electron chi connectivity index (χ4n) is 2.13. The Morgan fingerprint density at radius 3 is 2.50 bits per heavy atom. The highest BCUT2D eigenvalue weighted by molar-refractivity contribution is 6.04. The van der Waals surface area contributed by atoms with Crippen molar-refractivity contribution in [1.82, 2.24) is 4.98 Å². The summed E-state index contributed by atoms with van der Waals surface area (Å²) in [6.07, 6.45) is -3.06. The minimum absolute atomic E-state index is 0.0279. The second kappa shape index (κ2) is 6.38. The molecule has 1 aliphatic heterocycles. The van der Waals surface area contributed by atoms with Crippen LogP contribution in [-0.4, -0.2) is 24.1 Å². The van der Waals surface area contributed by atoms with Gasteiger partial charge in [0.2, 0.25) is 0 Å². The third-order valence-electron chi connectivity index (χ3n) is 3.34. The summed E-state index contributed by atoms with van der Waals surface area (Å²) in [6, 6.07) is 6.66. The first-order valence-electron chi connectivity index (χ1n) is 7.18. The topological polar surface area (TPSA) is 60.5 Å². The lowest BCUT2D eigenvalue weighted by Crippen LogP contribution is -2.14. The zero-order valence-electron chi connectivity index (χ0n) is 12.4. The Bertz CT molecular complexity index is 745. The van der Waals surface area contributed by atoms with E-state index in [0.29, 0.717) is 36.5 Å². The zero-order valence-corrected chi connectivity index (χ0v) is 12.4. The first-order chi connectivity index (χ1) is 11.4. The number of nitrogens with one attached hydrogen (secondary N) is 1. The Hall–Kier alpha value is -2.77. The van der Waals surface area contributed by atoms with Gasteiger partial charge >= 0.3 is 6.18 Å². The number of hydrogen-bond acceptors (Lipinski definition) is 4. The highest BCUT2D eigenvalue weighted by Gasteiger charge is 2.30. The summed E-state index contributed by atoms with van der Waals surface area (Å²) in [6.45, 7) is 1.02. The quantitative estimate of drug-likeness (QED) is 0.910. The number of aromatic nitrogens is 1. The number of carbonyl (C=O) groups excluding carboxylic acids is 1. The number of alkyl halides is 3. The number of pyridine rings is 1. The van der Waals surface area contributed by atoms with Gasteiger partial charge in [0.1, 0.15) is 5.82 Å². The molecule has 2 aromatic rings. The fraction of sp³-hybridized carbons (Fsp3) is 0.250. The van der Waals surface area contributed by atoms with Gasteiger partial charge in [-0.2, -0.15) is 13.2 Å². The molecular formula is C16H13F3N2O3. The van der Waals surface area contributed by atoms with Crippen LogP contribution in [0.3, 0.4) is 0 Å². The summed E-state index contributed by atoms with van der Waals surface area (Å²) < 4.78 is 48.4. The first-order valence-corrected chi connectivity index (χ1v) is 7.18. The fourth-order valence-corrected chi connectivity index (χ4v) is 2.13. The normalized spacial score (nSPS) is 14.0. The molecule has 0 radical (unpaired) electrons. The van der Waals surface area contributed by atoms with Gasteiger partial charge in [-0.15, -0.1) is 0 Å². The van der Waals surface area contributed by atoms with Crippen LogP contribution >= 0.6 is 0 Å². The van der Waals surface area contributed by atoms with Crippen LogP contribution in [0.2, 0.25) is 0 Å². The molecule has 0 bridgehead atoms. The molecule has 2 heterocycles. The molecule has 1 aromatic heterocycles. The third-order valence-corrected chi connectivity index (χ3v) is 3.34. The average molecular weight is 338 g/mol. The Balaban J connectivity index is 1.74. The molecule has 0 saturated carbocycles. The number of nitrogens with zero attached hydrogens (tertiary/aromatic N) is 1. The van der Waals surface area contributed by atoms with Crippen molar-refractivity contribution >= 4 is 11.7 Å². The molecule has 0 fully saturated rings. The summed E-state index contributed by atoms with van der Waals surface area (Å²) in [5.41, 5.74) is -0.586. The van der Waals surface area contributed by atoms with E-state index in [0.717, 1.165) is 18.6 Å². The van der Waals surface area contributed by atoms with Crippen LogP contribution in [-0.2, 0) is 6.18 Å². The van der Waals surface area contributed by atoms with Gasteiger partial charge in [0.25, 0.3) is 5.91 Å². The van der Waals surface area contributed by atoms with Crippen molar-refractivity contribution in [3.8, 4) is 11.5 Å². The smallest absolute Gasteiger partial charge is 0.417 e. The lowest BCUT2D eigenvalue weighted by Gasteiger charge is -2.10. The van der Waals surface area contributed by atoms with Gasteiger partial charge in [-0.1, -0.05) is 0 Å². The Labute approximate surface area is 135 Å². The van der Waals surface area contributed by atoms with Gasteiger partial charge in [0.15, 0.2) is 11.5 Å². The molecule has 0 spiro atoms. The first kappa shape index (κ1) is 16.1.